The Hall–Kier alpha value is -3.18. The molecule has 0 aliphatic rings. The summed E-state index contributed by atoms with van der Waals surface area (Å²) in [4.78, 5) is 27.2. The first-order valence-corrected chi connectivity index (χ1v) is 9.00. The minimum atomic E-state index is -2.39. The molecule has 1 atom stereocenters. The Labute approximate surface area is 152 Å². The smallest absolute Gasteiger partial charge is 0.319 e. The quantitative estimate of drug-likeness (QED) is 0.479. The van der Waals surface area contributed by atoms with Gasteiger partial charge in [-0.3, -0.25) is 18.8 Å². The monoisotopic (exact) mass is 372 g/mol. The number of rotatable bonds is 4. The summed E-state index contributed by atoms with van der Waals surface area (Å²) in [6, 6.07) is 7.89. The zero-order chi connectivity index (χ0) is 18.9. The van der Waals surface area contributed by atoms with Crippen LogP contribution in [0.2, 0.25) is 0 Å². The maximum atomic E-state index is 12.0. The molecule has 0 saturated heterocycles. The van der Waals surface area contributed by atoms with Gasteiger partial charge in [0.25, 0.3) is 5.91 Å². The molecule has 1 N–H and O–H groups in total. The van der Waals surface area contributed by atoms with Crippen LogP contribution in [-0.2, 0) is 20.1 Å². The van der Waals surface area contributed by atoms with Gasteiger partial charge in [0.1, 0.15) is 11.5 Å². The van der Waals surface area contributed by atoms with E-state index in [0.717, 1.165) is 0 Å². The lowest BCUT2D eigenvalue weighted by molar-refractivity contribution is -0.139. The summed E-state index contributed by atoms with van der Waals surface area (Å²) >= 11 is 0. The number of ether oxygens (including phenoxy) is 1. The van der Waals surface area contributed by atoms with Crippen molar-refractivity contribution in [3.05, 3.63) is 59.4 Å². The number of thiol groups is 1. The molecule has 1 heterocycles. The number of amides is 1. The third kappa shape index (κ3) is 6.03. The van der Waals surface area contributed by atoms with E-state index in [1.54, 1.807) is 19.1 Å². The van der Waals surface area contributed by atoms with E-state index in [1.807, 2.05) is 0 Å². The number of carbonyl (C=O) groups is 2. The van der Waals surface area contributed by atoms with E-state index in [1.165, 1.54) is 30.6 Å². The number of phenolic OH excluding ortho intramolecular Hbond substituents is 1. The molecule has 1 aromatic heterocycles. The first-order valence-electron chi connectivity index (χ1n) is 7.60. The Morgan fingerprint density at radius 1 is 1.23 bits per heavy atom. The van der Waals surface area contributed by atoms with Gasteiger partial charge in [-0.25, -0.2) is 0 Å². The molecule has 0 aliphatic carbocycles. The lowest BCUT2D eigenvalue weighted by Crippen LogP contribution is -2.11. The van der Waals surface area contributed by atoms with E-state index in [-0.39, 0.29) is 17.9 Å². The molecular formula is C18H16N2O5S. The molecule has 2 rings (SSSR count). The van der Waals surface area contributed by atoms with Crippen LogP contribution in [0.3, 0.4) is 0 Å². The van der Waals surface area contributed by atoms with E-state index in [0.29, 0.717) is 11.1 Å². The van der Waals surface area contributed by atoms with Crippen molar-refractivity contribution in [2.24, 2.45) is 4.36 Å². The highest BCUT2D eigenvalue weighted by atomic mass is 32.2. The minimum absolute atomic E-state index is 0.100. The van der Waals surface area contributed by atoms with Crippen molar-refractivity contribution >= 4 is 22.5 Å². The van der Waals surface area contributed by atoms with Crippen LogP contribution in [0.4, 0.5) is 0 Å². The molecule has 134 valence electrons. The van der Waals surface area contributed by atoms with E-state index >= 15 is 0 Å². The molecule has 1 unspecified atom stereocenters. The van der Waals surface area contributed by atoms with Crippen molar-refractivity contribution in [3.8, 4) is 17.6 Å². The van der Waals surface area contributed by atoms with Gasteiger partial charge in [0.15, 0.2) is 0 Å². The molecule has 1 amide bonds. The van der Waals surface area contributed by atoms with Gasteiger partial charge in [-0.1, -0.05) is 17.9 Å². The fourth-order valence-electron chi connectivity index (χ4n) is 1.86. The van der Waals surface area contributed by atoms with E-state index in [9.17, 15) is 18.9 Å². The van der Waals surface area contributed by atoms with Gasteiger partial charge >= 0.3 is 5.97 Å². The molecular weight excluding hydrogens is 356 g/mol. The van der Waals surface area contributed by atoms with E-state index < -0.39 is 28.2 Å². The van der Waals surface area contributed by atoms with Gasteiger partial charge in [-0.05, 0) is 31.2 Å². The first-order chi connectivity index (χ1) is 12.5. The number of carbonyl (C=O) groups excluding carboxylic acids is 2. The van der Waals surface area contributed by atoms with Gasteiger partial charge in [0, 0.05) is 23.5 Å². The number of hydrogen-bond acceptors (Lipinski definition) is 6. The number of esters is 1. The molecule has 26 heavy (non-hydrogen) atoms. The second-order valence-corrected chi connectivity index (χ2v) is 6.20. The highest BCUT2D eigenvalue weighted by molar-refractivity contribution is 7.76. The molecule has 2 aromatic rings. The molecule has 0 radical (unpaired) electrons. The highest BCUT2D eigenvalue weighted by Gasteiger charge is 2.08. The molecule has 8 heteroatoms. The van der Waals surface area contributed by atoms with Gasteiger partial charge in [-0.15, -0.1) is 0 Å². The first kappa shape index (κ1) is 19.1. The highest BCUT2D eigenvalue weighted by Crippen LogP contribution is 2.10. The lowest BCUT2D eigenvalue weighted by atomic mass is 10.1. The fraction of sp³-hybridized carbons (Fsp3) is 0.167. The third-order valence-corrected chi connectivity index (χ3v) is 3.89. The lowest BCUT2D eigenvalue weighted by Gasteiger charge is -1.98. The average molecular weight is 372 g/mol. The van der Waals surface area contributed by atoms with Crippen molar-refractivity contribution in [2.75, 3.05) is 12.4 Å². The normalized spacial score (nSPS) is 11.3. The van der Waals surface area contributed by atoms with Crippen LogP contribution in [0.25, 0.3) is 0 Å². The molecule has 7 nitrogen and oxygen atoms in total. The maximum Gasteiger partial charge on any atom is 0.319 e. The summed E-state index contributed by atoms with van der Waals surface area (Å²) in [5.74, 6) is 3.90. The largest absolute Gasteiger partial charge is 0.508 e. The topological polar surface area (TPSA) is 106 Å². The van der Waals surface area contributed by atoms with Crippen molar-refractivity contribution in [2.45, 2.75) is 6.92 Å². The van der Waals surface area contributed by atoms with Gasteiger partial charge in [0.2, 0.25) is 0 Å². The number of benzene rings is 1. The fourth-order valence-corrected chi connectivity index (χ4v) is 2.57. The van der Waals surface area contributed by atoms with Crippen LogP contribution < -0.4 is 0 Å². The Balaban J connectivity index is 2.15. The molecule has 0 saturated carbocycles. The third-order valence-electron chi connectivity index (χ3n) is 2.95. The molecule has 1 aromatic carbocycles. The van der Waals surface area contributed by atoms with Crippen molar-refractivity contribution < 1.29 is 23.6 Å². The summed E-state index contributed by atoms with van der Waals surface area (Å²) in [5, 5.41) is 9.41. The Morgan fingerprint density at radius 3 is 2.73 bits per heavy atom. The van der Waals surface area contributed by atoms with Crippen LogP contribution >= 0.6 is 0 Å². The zero-order valence-corrected chi connectivity index (χ0v) is 14.8. The summed E-state index contributed by atoms with van der Waals surface area (Å²) in [7, 11) is -2.39. The zero-order valence-electron chi connectivity index (χ0n) is 13.9. The van der Waals surface area contributed by atoms with Crippen LogP contribution in [0.5, 0.6) is 5.75 Å². The number of phenols is 1. The summed E-state index contributed by atoms with van der Waals surface area (Å²) in [6.45, 7) is 1.79. The predicted octanol–water partition coefficient (Wildman–Crippen LogP) is 1.55. The average Bonchev–Trinajstić information content (AvgIpc) is 2.60. The second-order valence-electron chi connectivity index (χ2n) is 4.98. The number of aromatic hydroxyl groups is 1. The van der Waals surface area contributed by atoms with Crippen LogP contribution in [-0.4, -0.2) is 38.5 Å². The molecule has 0 aliphatic heterocycles. The van der Waals surface area contributed by atoms with Crippen LogP contribution in [0.1, 0.15) is 28.4 Å². The van der Waals surface area contributed by atoms with Crippen LogP contribution in [0.15, 0.2) is 47.1 Å². The van der Waals surface area contributed by atoms with Gasteiger partial charge in [-0.2, -0.15) is 4.36 Å². The molecule has 0 fully saturated rings. The Morgan fingerprint density at radius 2 is 2.00 bits per heavy atom. The second kappa shape index (κ2) is 9.34. The summed E-state index contributed by atoms with van der Waals surface area (Å²) in [6.07, 6.45) is 2.74. The Kier molecular flexibility index (Phi) is 6.88. The van der Waals surface area contributed by atoms with E-state index in [4.69, 9.17) is 0 Å². The minimum Gasteiger partial charge on any atom is -0.508 e. The number of nitrogens with zero attached hydrogens (tertiary/aromatic N) is 2. The van der Waals surface area contributed by atoms with Gasteiger partial charge < -0.3 is 9.84 Å². The predicted molar refractivity (Wildman–Crippen MR) is 96.1 cm³/mol. The van der Waals surface area contributed by atoms with Crippen molar-refractivity contribution in [1.82, 2.24) is 4.98 Å². The van der Waals surface area contributed by atoms with Crippen molar-refractivity contribution in [1.29, 1.82) is 0 Å². The number of pyridine rings is 1. The number of aromatic nitrogens is 1. The molecule has 0 spiro atoms. The van der Waals surface area contributed by atoms with Crippen molar-refractivity contribution in [3.63, 3.8) is 0 Å². The SMILES string of the molecule is CCOC(=O)C/[SH](=O)=N/C(=O)c1cncc(C#Cc2cccc(O)c2)c1. The van der Waals surface area contributed by atoms with E-state index in [2.05, 4.69) is 25.9 Å². The number of hydrogen-bond donors (Lipinski definition) is 2. The molecule has 0 bridgehead atoms. The van der Waals surface area contributed by atoms with Crippen LogP contribution in [0, 0.1) is 11.8 Å². The Bertz CT molecular complexity index is 969. The summed E-state index contributed by atoms with van der Waals surface area (Å²) in [5.41, 5.74) is 1.17. The maximum absolute atomic E-state index is 12.0. The summed E-state index contributed by atoms with van der Waals surface area (Å²) < 4.78 is 19.9. The van der Waals surface area contributed by atoms with Gasteiger partial charge in [0.05, 0.1) is 22.8 Å². The standard InChI is InChI=1S/C18H16N2O5S/c1-2-25-17(22)12-26(24)20-18(23)15-8-14(10-19-11-15)7-6-13-4-3-5-16(21)9-13/h3-5,8-11,21,26H,2,12H2,1H3.